The predicted octanol–water partition coefficient (Wildman–Crippen LogP) is 4.01. The van der Waals surface area contributed by atoms with E-state index in [2.05, 4.69) is 36.9 Å². The topological polar surface area (TPSA) is 70.1 Å². The number of fused-ring (bicyclic) bond motifs is 2. The van der Waals surface area contributed by atoms with E-state index in [0.717, 1.165) is 22.7 Å². The van der Waals surface area contributed by atoms with Crippen molar-refractivity contribution in [2.24, 2.45) is 5.73 Å². The zero-order valence-electron chi connectivity index (χ0n) is 13.5. The number of aryl methyl sites for hydroxylation is 1. The number of carbonyl (C=O) groups excluding carboxylic acids is 1. The summed E-state index contributed by atoms with van der Waals surface area (Å²) in [7, 11) is 0. The summed E-state index contributed by atoms with van der Waals surface area (Å²) in [5, 5.41) is 9.00. The van der Waals surface area contributed by atoms with Gasteiger partial charge < -0.3 is 10.6 Å². The molecule has 0 aromatic heterocycles. The van der Waals surface area contributed by atoms with Crippen molar-refractivity contribution in [3.8, 4) is 6.07 Å². The van der Waals surface area contributed by atoms with Crippen molar-refractivity contribution in [2.45, 2.75) is 23.6 Å². The van der Waals surface area contributed by atoms with E-state index in [1.54, 1.807) is 11.8 Å². The number of hydrogen-bond acceptors (Lipinski definition) is 4. The molecular formula is C19H17N3OS. The molecule has 4 nitrogen and oxygen atoms in total. The van der Waals surface area contributed by atoms with Gasteiger partial charge in [-0.1, -0.05) is 23.9 Å². The van der Waals surface area contributed by atoms with Crippen LogP contribution in [0.2, 0.25) is 0 Å². The Hall–Kier alpha value is -2.71. The highest BCUT2D eigenvalue weighted by atomic mass is 32.2. The second kappa shape index (κ2) is 6.42. The molecule has 0 atom stereocenters. The average Bonchev–Trinajstić information content (AvgIpc) is 2.57. The lowest BCUT2D eigenvalue weighted by Gasteiger charge is -2.32. The number of rotatable bonds is 3. The molecule has 0 unspecified atom stereocenters. The number of benzene rings is 2. The Morgan fingerprint density at radius 1 is 1.25 bits per heavy atom. The second-order valence-corrected chi connectivity index (χ2v) is 6.66. The monoisotopic (exact) mass is 335 g/mol. The van der Waals surface area contributed by atoms with Crippen molar-refractivity contribution in [2.75, 3.05) is 11.4 Å². The fourth-order valence-corrected chi connectivity index (χ4v) is 3.89. The van der Waals surface area contributed by atoms with Gasteiger partial charge >= 0.3 is 0 Å². The van der Waals surface area contributed by atoms with Crippen LogP contribution in [0.15, 0.2) is 51.8 Å². The lowest BCUT2D eigenvalue weighted by Crippen LogP contribution is -2.20. The highest BCUT2D eigenvalue weighted by Crippen LogP contribution is 2.48. The van der Waals surface area contributed by atoms with Gasteiger partial charge in [0.05, 0.1) is 11.4 Å². The average molecular weight is 335 g/mol. The first-order chi connectivity index (χ1) is 11.5. The summed E-state index contributed by atoms with van der Waals surface area (Å²) in [6.45, 7) is 5.08. The van der Waals surface area contributed by atoms with E-state index >= 15 is 0 Å². The van der Waals surface area contributed by atoms with Crippen LogP contribution in [-0.2, 0) is 4.79 Å². The number of anilines is 2. The fourth-order valence-electron chi connectivity index (χ4n) is 2.76. The normalized spacial score (nSPS) is 13.0. The molecule has 2 aromatic carbocycles. The molecule has 1 aliphatic rings. The van der Waals surface area contributed by atoms with Crippen molar-refractivity contribution < 1.29 is 4.79 Å². The molecule has 120 valence electrons. The SMILES string of the molecule is CCN1c2ccc(C=C(C#N)C(N)=O)cc2Sc2ccc(C)cc21. The molecule has 0 saturated heterocycles. The molecule has 0 aliphatic carbocycles. The maximum Gasteiger partial charge on any atom is 0.259 e. The van der Waals surface area contributed by atoms with Crippen LogP contribution in [0, 0.1) is 18.3 Å². The second-order valence-electron chi connectivity index (χ2n) is 5.58. The maximum absolute atomic E-state index is 11.2. The molecule has 0 saturated carbocycles. The molecule has 5 heteroatoms. The number of nitriles is 1. The van der Waals surface area contributed by atoms with Crippen molar-refractivity contribution in [3.05, 3.63) is 53.1 Å². The van der Waals surface area contributed by atoms with E-state index in [1.807, 2.05) is 24.3 Å². The Morgan fingerprint density at radius 3 is 2.71 bits per heavy atom. The first-order valence-electron chi connectivity index (χ1n) is 7.65. The highest BCUT2D eigenvalue weighted by Gasteiger charge is 2.22. The number of nitrogens with two attached hydrogens (primary N) is 1. The van der Waals surface area contributed by atoms with Gasteiger partial charge in [-0.15, -0.1) is 0 Å². The van der Waals surface area contributed by atoms with Crippen LogP contribution in [0.4, 0.5) is 11.4 Å². The molecule has 1 amide bonds. The van der Waals surface area contributed by atoms with Crippen molar-refractivity contribution in [1.29, 1.82) is 5.26 Å². The van der Waals surface area contributed by atoms with Gasteiger partial charge in [0.2, 0.25) is 0 Å². The lowest BCUT2D eigenvalue weighted by molar-refractivity contribution is -0.114. The summed E-state index contributed by atoms with van der Waals surface area (Å²) in [6, 6.07) is 14.2. The molecule has 24 heavy (non-hydrogen) atoms. The molecule has 2 N–H and O–H groups in total. The molecule has 0 radical (unpaired) electrons. The molecule has 3 rings (SSSR count). The predicted molar refractivity (Wildman–Crippen MR) is 97.2 cm³/mol. The molecule has 0 bridgehead atoms. The number of hydrogen-bond donors (Lipinski definition) is 1. The van der Waals surface area contributed by atoms with Crippen LogP contribution in [0.5, 0.6) is 0 Å². The minimum atomic E-state index is -0.709. The number of amides is 1. The van der Waals surface area contributed by atoms with Gasteiger partial charge in [0.15, 0.2) is 0 Å². The standard InChI is InChI=1S/C19H17N3OS/c1-3-22-15-6-5-13(9-14(11-20)19(21)23)10-18(15)24-17-7-4-12(2)8-16(17)22/h4-10H,3H2,1-2H3,(H2,21,23). The van der Waals surface area contributed by atoms with Crippen LogP contribution >= 0.6 is 11.8 Å². The van der Waals surface area contributed by atoms with Crippen LogP contribution in [0.25, 0.3) is 6.08 Å². The summed E-state index contributed by atoms with van der Waals surface area (Å²) >= 11 is 1.70. The van der Waals surface area contributed by atoms with E-state index in [9.17, 15) is 4.79 Å². The quantitative estimate of drug-likeness (QED) is 0.679. The molecule has 1 aliphatic heterocycles. The van der Waals surface area contributed by atoms with Gasteiger partial charge in [-0.3, -0.25) is 4.79 Å². The molecule has 0 spiro atoms. The maximum atomic E-state index is 11.2. The third-order valence-electron chi connectivity index (χ3n) is 3.91. The van der Waals surface area contributed by atoms with Gasteiger partial charge in [-0.05, 0) is 55.3 Å². The largest absolute Gasteiger partial charge is 0.365 e. The van der Waals surface area contributed by atoms with Crippen LogP contribution in [0.3, 0.4) is 0 Å². The van der Waals surface area contributed by atoms with Crippen molar-refractivity contribution >= 4 is 35.1 Å². The number of primary amides is 1. The first kappa shape index (κ1) is 16.2. The van der Waals surface area contributed by atoms with E-state index in [0.29, 0.717) is 0 Å². The zero-order valence-corrected chi connectivity index (χ0v) is 14.4. The zero-order chi connectivity index (χ0) is 17.3. The Kier molecular flexibility index (Phi) is 4.32. The summed E-state index contributed by atoms with van der Waals surface area (Å²) in [5.41, 5.74) is 9.55. The van der Waals surface area contributed by atoms with Crippen molar-refractivity contribution in [3.63, 3.8) is 0 Å². The lowest BCUT2D eigenvalue weighted by atomic mass is 10.1. The van der Waals surface area contributed by atoms with Gasteiger partial charge in [-0.2, -0.15) is 5.26 Å². The van der Waals surface area contributed by atoms with Gasteiger partial charge in [0.25, 0.3) is 5.91 Å². The Bertz CT molecular complexity index is 896. The highest BCUT2D eigenvalue weighted by molar-refractivity contribution is 7.99. The van der Waals surface area contributed by atoms with Gasteiger partial charge in [0.1, 0.15) is 11.6 Å². The smallest absolute Gasteiger partial charge is 0.259 e. The molecule has 2 aromatic rings. The third-order valence-corrected chi connectivity index (χ3v) is 5.02. The van der Waals surface area contributed by atoms with E-state index in [1.165, 1.54) is 22.2 Å². The van der Waals surface area contributed by atoms with E-state index in [-0.39, 0.29) is 5.57 Å². The van der Waals surface area contributed by atoms with E-state index < -0.39 is 5.91 Å². The van der Waals surface area contributed by atoms with Crippen LogP contribution in [0.1, 0.15) is 18.1 Å². The summed E-state index contributed by atoms with van der Waals surface area (Å²) in [5.74, 6) is -0.709. The number of nitrogens with zero attached hydrogens (tertiary/aromatic N) is 2. The van der Waals surface area contributed by atoms with E-state index in [4.69, 9.17) is 11.0 Å². The Morgan fingerprint density at radius 2 is 2.04 bits per heavy atom. The van der Waals surface area contributed by atoms with Crippen molar-refractivity contribution in [1.82, 2.24) is 0 Å². The Labute approximate surface area is 145 Å². The summed E-state index contributed by atoms with van der Waals surface area (Å²) in [6.07, 6.45) is 1.53. The van der Waals surface area contributed by atoms with Gasteiger partial charge in [0, 0.05) is 16.3 Å². The van der Waals surface area contributed by atoms with Crippen LogP contribution < -0.4 is 10.6 Å². The van der Waals surface area contributed by atoms with Gasteiger partial charge in [-0.25, -0.2) is 0 Å². The summed E-state index contributed by atoms with van der Waals surface area (Å²) in [4.78, 5) is 15.8. The minimum absolute atomic E-state index is 0.0425. The fraction of sp³-hybridized carbons (Fsp3) is 0.158. The first-order valence-corrected chi connectivity index (χ1v) is 8.47. The molecule has 1 heterocycles. The molecular weight excluding hydrogens is 318 g/mol. The number of carbonyl (C=O) groups is 1. The minimum Gasteiger partial charge on any atom is -0.365 e. The van der Waals surface area contributed by atoms with Crippen LogP contribution in [-0.4, -0.2) is 12.5 Å². The third kappa shape index (κ3) is 2.89. The summed E-state index contributed by atoms with van der Waals surface area (Å²) < 4.78 is 0. The Balaban J connectivity index is 2.07. The molecule has 0 fully saturated rings.